The van der Waals surface area contributed by atoms with Crippen LogP contribution in [0.5, 0.6) is 0 Å². The molecule has 1 aromatic carbocycles. The number of nitrogens with zero attached hydrogens (tertiary/aromatic N) is 1. The lowest BCUT2D eigenvalue weighted by atomic mass is 10.1. The van der Waals surface area contributed by atoms with Gasteiger partial charge < -0.3 is 14.5 Å². The molecule has 1 aromatic heterocycles. The molecule has 2 aromatic rings. The first-order chi connectivity index (χ1) is 10.4. The Balaban J connectivity index is 1.57. The van der Waals surface area contributed by atoms with E-state index in [-0.39, 0.29) is 6.10 Å². The highest BCUT2D eigenvalue weighted by Gasteiger charge is 2.20. The molecule has 1 saturated carbocycles. The van der Waals surface area contributed by atoms with Crippen molar-refractivity contribution in [1.82, 2.24) is 10.3 Å². The molecule has 1 aliphatic rings. The van der Waals surface area contributed by atoms with E-state index in [0.29, 0.717) is 0 Å². The number of ether oxygens (including phenoxy) is 1. The fourth-order valence-electron chi connectivity index (χ4n) is 2.44. The predicted molar refractivity (Wildman–Crippen MR) is 81.1 cm³/mol. The Hall–Kier alpha value is -1.65. The highest BCUT2D eigenvalue weighted by molar-refractivity contribution is 5.23. The zero-order valence-corrected chi connectivity index (χ0v) is 12.4. The van der Waals surface area contributed by atoms with E-state index in [1.807, 2.05) is 30.3 Å². The molecular formula is C17H22N2O2. The lowest BCUT2D eigenvalue weighted by molar-refractivity contribution is 0.115. The quantitative estimate of drug-likeness (QED) is 0.758. The summed E-state index contributed by atoms with van der Waals surface area (Å²) in [5.74, 6) is 1.56. The van der Waals surface area contributed by atoms with Crippen LogP contribution < -0.4 is 5.32 Å². The molecule has 0 radical (unpaired) electrons. The second-order valence-corrected chi connectivity index (χ2v) is 5.51. The monoisotopic (exact) mass is 286 g/mol. The Morgan fingerprint density at radius 3 is 2.86 bits per heavy atom. The van der Waals surface area contributed by atoms with Crippen LogP contribution in [0.25, 0.3) is 0 Å². The van der Waals surface area contributed by atoms with Crippen molar-refractivity contribution in [2.24, 2.45) is 0 Å². The number of benzene rings is 1. The summed E-state index contributed by atoms with van der Waals surface area (Å²) < 4.78 is 11.4. The molecule has 112 valence electrons. The summed E-state index contributed by atoms with van der Waals surface area (Å²) in [5, 5.41) is 3.50. The van der Waals surface area contributed by atoms with Crippen molar-refractivity contribution < 1.29 is 9.15 Å². The average molecular weight is 286 g/mol. The van der Waals surface area contributed by atoms with Crippen LogP contribution in [0.2, 0.25) is 0 Å². The van der Waals surface area contributed by atoms with Crippen LogP contribution in [0.15, 0.2) is 40.9 Å². The molecule has 3 rings (SSSR count). The first-order valence-electron chi connectivity index (χ1n) is 7.62. The minimum absolute atomic E-state index is 0.183. The molecule has 0 aliphatic heterocycles. The molecule has 0 saturated heterocycles. The summed E-state index contributed by atoms with van der Waals surface area (Å²) in [6.45, 7) is 1.04. The number of aromatic nitrogens is 1. The van der Waals surface area contributed by atoms with Gasteiger partial charge in [0.15, 0.2) is 11.7 Å². The molecule has 1 heterocycles. The van der Waals surface area contributed by atoms with Gasteiger partial charge in [-0.15, -0.1) is 0 Å². The van der Waals surface area contributed by atoms with Gasteiger partial charge in [0.25, 0.3) is 0 Å². The number of oxazole rings is 1. The Labute approximate surface area is 125 Å². The first kappa shape index (κ1) is 14.3. The summed E-state index contributed by atoms with van der Waals surface area (Å²) in [7, 11) is 1.69. The van der Waals surface area contributed by atoms with Crippen molar-refractivity contribution in [2.75, 3.05) is 13.7 Å². The van der Waals surface area contributed by atoms with E-state index in [2.05, 4.69) is 10.3 Å². The number of methoxy groups -OCH3 is 1. The lowest BCUT2D eigenvalue weighted by Crippen LogP contribution is -2.17. The topological polar surface area (TPSA) is 47.3 Å². The zero-order valence-electron chi connectivity index (χ0n) is 12.4. The van der Waals surface area contributed by atoms with Crippen LogP contribution in [0.4, 0.5) is 0 Å². The molecule has 0 bridgehead atoms. The van der Waals surface area contributed by atoms with E-state index in [0.717, 1.165) is 42.6 Å². The second-order valence-electron chi connectivity index (χ2n) is 5.51. The average Bonchev–Trinajstić information content (AvgIpc) is 3.24. The highest BCUT2D eigenvalue weighted by atomic mass is 16.5. The minimum Gasteiger partial charge on any atom is -0.443 e. The predicted octanol–water partition coefficient (Wildman–Crippen LogP) is 3.10. The number of nitrogens with one attached hydrogen (secondary N) is 1. The Morgan fingerprint density at radius 1 is 1.33 bits per heavy atom. The summed E-state index contributed by atoms with van der Waals surface area (Å²) in [5.41, 5.74) is 1.08. The van der Waals surface area contributed by atoms with Gasteiger partial charge >= 0.3 is 0 Å². The van der Waals surface area contributed by atoms with Crippen LogP contribution in [-0.4, -0.2) is 24.7 Å². The summed E-state index contributed by atoms with van der Waals surface area (Å²) in [4.78, 5) is 4.37. The fourth-order valence-corrected chi connectivity index (χ4v) is 2.44. The maximum atomic E-state index is 5.85. The molecule has 0 spiro atoms. The number of rotatable bonds is 8. The van der Waals surface area contributed by atoms with Gasteiger partial charge in [0.2, 0.25) is 0 Å². The minimum atomic E-state index is -0.183. The van der Waals surface area contributed by atoms with E-state index in [4.69, 9.17) is 9.15 Å². The Bertz CT molecular complexity index is 549. The van der Waals surface area contributed by atoms with Crippen molar-refractivity contribution in [3.63, 3.8) is 0 Å². The molecule has 1 atom stereocenters. The molecule has 4 heteroatoms. The number of aryl methyl sites for hydroxylation is 1. The van der Waals surface area contributed by atoms with Gasteiger partial charge in [-0.25, -0.2) is 4.98 Å². The standard InChI is InChI=1S/C17H22N2O2/c1-20-17(13-6-3-2-4-7-13)15-12-19-16(21-15)8-5-11-18-14-9-10-14/h2-4,6-7,12,14,17-18H,5,8-11H2,1H3. The van der Waals surface area contributed by atoms with E-state index in [1.54, 1.807) is 13.3 Å². The maximum absolute atomic E-state index is 5.85. The van der Waals surface area contributed by atoms with E-state index in [9.17, 15) is 0 Å². The Morgan fingerprint density at radius 2 is 2.14 bits per heavy atom. The third-order valence-electron chi connectivity index (χ3n) is 3.75. The van der Waals surface area contributed by atoms with Gasteiger partial charge in [0.05, 0.1) is 6.20 Å². The van der Waals surface area contributed by atoms with Gasteiger partial charge in [-0.1, -0.05) is 30.3 Å². The SMILES string of the molecule is COC(c1ccccc1)c1cnc(CCCNC2CC2)o1. The van der Waals surface area contributed by atoms with Crippen molar-refractivity contribution in [3.05, 3.63) is 53.7 Å². The van der Waals surface area contributed by atoms with Crippen LogP contribution in [0, 0.1) is 0 Å². The molecule has 1 N–H and O–H groups in total. The van der Waals surface area contributed by atoms with E-state index < -0.39 is 0 Å². The molecular weight excluding hydrogens is 264 g/mol. The third kappa shape index (κ3) is 3.93. The van der Waals surface area contributed by atoms with Crippen LogP contribution in [0.3, 0.4) is 0 Å². The molecule has 4 nitrogen and oxygen atoms in total. The zero-order chi connectivity index (χ0) is 14.5. The highest BCUT2D eigenvalue weighted by Crippen LogP contribution is 2.26. The summed E-state index contributed by atoms with van der Waals surface area (Å²) in [6.07, 6.45) is 6.18. The Kier molecular flexibility index (Phi) is 4.68. The van der Waals surface area contributed by atoms with Gasteiger partial charge in [0, 0.05) is 19.6 Å². The van der Waals surface area contributed by atoms with Gasteiger partial charge in [-0.3, -0.25) is 0 Å². The molecule has 0 amide bonds. The fraction of sp³-hybridized carbons (Fsp3) is 0.471. The van der Waals surface area contributed by atoms with Crippen molar-refractivity contribution >= 4 is 0 Å². The van der Waals surface area contributed by atoms with Crippen molar-refractivity contribution in [1.29, 1.82) is 0 Å². The molecule has 21 heavy (non-hydrogen) atoms. The van der Waals surface area contributed by atoms with Gasteiger partial charge in [-0.05, 0) is 31.4 Å². The number of hydrogen-bond donors (Lipinski definition) is 1. The molecule has 1 unspecified atom stereocenters. The first-order valence-corrected chi connectivity index (χ1v) is 7.62. The lowest BCUT2D eigenvalue weighted by Gasteiger charge is -2.12. The second kappa shape index (κ2) is 6.87. The van der Waals surface area contributed by atoms with Crippen molar-refractivity contribution in [3.8, 4) is 0 Å². The van der Waals surface area contributed by atoms with Crippen molar-refractivity contribution in [2.45, 2.75) is 37.8 Å². The van der Waals surface area contributed by atoms with Crippen LogP contribution in [-0.2, 0) is 11.2 Å². The third-order valence-corrected chi connectivity index (χ3v) is 3.75. The van der Waals surface area contributed by atoms with Gasteiger partial charge in [-0.2, -0.15) is 0 Å². The largest absolute Gasteiger partial charge is 0.443 e. The maximum Gasteiger partial charge on any atom is 0.194 e. The van der Waals surface area contributed by atoms with Crippen LogP contribution in [0.1, 0.15) is 42.6 Å². The van der Waals surface area contributed by atoms with E-state index >= 15 is 0 Å². The summed E-state index contributed by atoms with van der Waals surface area (Å²) >= 11 is 0. The summed E-state index contributed by atoms with van der Waals surface area (Å²) in [6, 6.07) is 10.8. The smallest absolute Gasteiger partial charge is 0.194 e. The molecule has 1 fully saturated rings. The molecule has 1 aliphatic carbocycles. The van der Waals surface area contributed by atoms with Crippen LogP contribution >= 0.6 is 0 Å². The normalized spacial score (nSPS) is 16.0. The van der Waals surface area contributed by atoms with E-state index in [1.165, 1.54) is 12.8 Å². The number of hydrogen-bond acceptors (Lipinski definition) is 4. The van der Waals surface area contributed by atoms with Gasteiger partial charge in [0.1, 0.15) is 6.10 Å².